The van der Waals surface area contributed by atoms with E-state index in [9.17, 15) is 18.0 Å². The van der Waals surface area contributed by atoms with E-state index in [0.717, 1.165) is 17.2 Å². The van der Waals surface area contributed by atoms with Gasteiger partial charge in [-0.05, 0) is 36.9 Å². The van der Waals surface area contributed by atoms with Gasteiger partial charge in [0.25, 0.3) is 5.56 Å². The van der Waals surface area contributed by atoms with Gasteiger partial charge in [0.15, 0.2) is 0 Å². The molecule has 0 aliphatic carbocycles. The maximum absolute atomic E-state index is 12.7. The van der Waals surface area contributed by atoms with Gasteiger partial charge >= 0.3 is 5.97 Å². The molecule has 0 bridgehead atoms. The number of aromatic nitrogens is 2. The molecular formula is C17H17N3O5S. The van der Waals surface area contributed by atoms with Gasteiger partial charge in [-0.3, -0.25) is 13.9 Å². The highest BCUT2D eigenvalue weighted by atomic mass is 32.2. The van der Waals surface area contributed by atoms with Crippen molar-refractivity contribution in [3.63, 3.8) is 0 Å². The van der Waals surface area contributed by atoms with Crippen LogP contribution in [0.1, 0.15) is 22.8 Å². The number of nitrogens with zero attached hydrogens (tertiary/aromatic N) is 2. The molecule has 0 radical (unpaired) electrons. The van der Waals surface area contributed by atoms with Gasteiger partial charge in [0.05, 0.1) is 12.9 Å². The van der Waals surface area contributed by atoms with Crippen LogP contribution in [0.4, 0.5) is 5.69 Å². The van der Waals surface area contributed by atoms with Gasteiger partial charge in [0.1, 0.15) is 11.2 Å². The number of carbonyl (C=O) groups excluding carboxylic acids is 1. The van der Waals surface area contributed by atoms with E-state index in [4.69, 9.17) is 4.74 Å². The van der Waals surface area contributed by atoms with Gasteiger partial charge in [-0.15, -0.1) is 0 Å². The van der Waals surface area contributed by atoms with Crippen LogP contribution in [-0.2, 0) is 14.8 Å². The molecule has 0 atom stereocenters. The fraction of sp³-hybridized carbons (Fsp3) is 0.235. The van der Waals surface area contributed by atoms with Gasteiger partial charge in [0.2, 0.25) is 10.0 Å². The number of benzene rings is 1. The zero-order valence-corrected chi connectivity index (χ0v) is 15.3. The normalized spacial score (nSPS) is 11.7. The van der Waals surface area contributed by atoms with Crippen LogP contribution in [0.25, 0.3) is 16.4 Å². The van der Waals surface area contributed by atoms with Crippen LogP contribution in [0.2, 0.25) is 0 Å². The average Bonchev–Trinajstić information content (AvgIpc) is 2.54. The summed E-state index contributed by atoms with van der Waals surface area (Å²) >= 11 is 0. The largest absolute Gasteiger partial charge is 0.462 e. The number of hydrogen-bond donors (Lipinski definition) is 1. The maximum Gasteiger partial charge on any atom is 0.345 e. The Hall–Kier alpha value is -2.94. The van der Waals surface area contributed by atoms with Crippen molar-refractivity contribution in [1.82, 2.24) is 9.38 Å². The van der Waals surface area contributed by atoms with Crippen LogP contribution in [0.3, 0.4) is 0 Å². The Morgan fingerprint density at radius 1 is 1.31 bits per heavy atom. The van der Waals surface area contributed by atoms with Crippen molar-refractivity contribution in [2.24, 2.45) is 0 Å². The minimum Gasteiger partial charge on any atom is -0.462 e. The first-order chi connectivity index (χ1) is 12.2. The molecule has 1 N–H and O–H groups in total. The molecule has 0 saturated carbocycles. The molecule has 8 nitrogen and oxygen atoms in total. The van der Waals surface area contributed by atoms with Crippen molar-refractivity contribution in [2.75, 3.05) is 17.6 Å². The average molecular weight is 375 g/mol. The summed E-state index contributed by atoms with van der Waals surface area (Å²) in [6.45, 7) is 3.62. The predicted octanol–water partition coefficient (Wildman–Crippen LogP) is 1.70. The molecule has 0 fully saturated rings. The molecule has 0 unspecified atom stereocenters. The van der Waals surface area contributed by atoms with Crippen LogP contribution in [0.5, 0.6) is 0 Å². The number of pyridine rings is 1. The second-order valence-electron chi connectivity index (χ2n) is 5.84. The summed E-state index contributed by atoms with van der Waals surface area (Å²) in [4.78, 5) is 28.8. The number of fused-ring (bicyclic) bond motifs is 3. The Kier molecular flexibility index (Phi) is 4.41. The lowest BCUT2D eigenvalue weighted by Crippen LogP contribution is -2.24. The van der Waals surface area contributed by atoms with E-state index in [-0.39, 0.29) is 12.2 Å². The lowest BCUT2D eigenvalue weighted by molar-refractivity contribution is 0.0523. The Balaban J connectivity index is 2.30. The Labute approximate surface area is 149 Å². The molecule has 0 spiro atoms. The highest BCUT2D eigenvalue weighted by Crippen LogP contribution is 2.25. The first-order valence-corrected chi connectivity index (χ1v) is 9.70. The number of carbonyl (C=O) groups is 1. The third-order valence-electron chi connectivity index (χ3n) is 3.80. The molecule has 2 heterocycles. The van der Waals surface area contributed by atoms with Gasteiger partial charge in [-0.1, -0.05) is 6.07 Å². The van der Waals surface area contributed by atoms with Crippen molar-refractivity contribution in [3.05, 3.63) is 52.1 Å². The number of nitrogens with one attached hydrogen (secondary N) is 1. The summed E-state index contributed by atoms with van der Waals surface area (Å²) in [5.74, 6) is -0.732. The SMILES string of the molecule is CCOC(=O)c1cnc2c3cc(NS(C)(=O)=O)ccc3c(C)cn2c1=O. The summed E-state index contributed by atoms with van der Waals surface area (Å²) in [6.07, 6.45) is 3.83. The fourth-order valence-electron chi connectivity index (χ4n) is 2.75. The van der Waals surface area contributed by atoms with Crippen LogP contribution < -0.4 is 10.3 Å². The maximum atomic E-state index is 12.7. The lowest BCUT2D eigenvalue weighted by atomic mass is 10.1. The number of hydrogen-bond acceptors (Lipinski definition) is 6. The third kappa shape index (κ3) is 3.25. The van der Waals surface area contributed by atoms with Gasteiger partial charge < -0.3 is 4.74 Å². The Morgan fingerprint density at radius 2 is 2.04 bits per heavy atom. The Bertz CT molecular complexity index is 1200. The standard InChI is InChI=1S/C17H17N3O5S/c1-4-25-17(22)14-8-18-15-13-7-11(19-26(3,23)24)5-6-12(13)10(2)9-20(15)16(14)21/h5-9,19H,4H2,1-3H3. The van der Waals surface area contributed by atoms with Crippen molar-refractivity contribution >= 4 is 38.1 Å². The molecule has 0 amide bonds. The molecule has 2 aromatic heterocycles. The minimum absolute atomic E-state index is 0.151. The fourth-order valence-corrected chi connectivity index (χ4v) is 3.31. The van der Waals surface area contributed by atoms with Crippen LogP contribution in [-0.4, -0.2) is 36.6 Å². The van der Waals surface area contributed by atoms with Crippen LogP contribution in [0.15, 0.2) is 35.4 Å². The van der Waals surface area contributed by atoms with E-state index in [1.807, 2.05) is 6.92 Å². The van der Waals surface area contributed by atoms with E-state index >= 15 is 0 Å². The third-order valence-corrected chi connectivity index (χ3v) is 4.41. The Morgan fingerprint density at radius 3 is 2.69 bits per heavy atom. The summed E-state index contributed by atoms with van der Waals surface area (Å²) in [5, 5.41) is 1.41. The summed E-state index contributed by atoms with van der Waals surface area (Å²) in [7, 11) is -3.44. The van der Waals surface area contributed by atoms with Crippen molar-refractivity contribution in [1.29, 1.82) is 0 Å². The molecule has 0 aliphatic rings. The molecule has 26 heavy (non-hydrogen) atoms. The molecule has 0 saturated heterocycles. The monoisotopic (exact) mass is 375 g/mol. The molecule has 3 aromatic rings. The molecule has 0 aliphatic heterocycles. The van der Waals surface area contributed by atoms with Crippen molar-refractivity contribution in [3.8, 4) is 0 Å². The summed E-state index contributed by atoms with van der Waals surface area (Å²) < 4.78 is 31.5. The molecule has 9 heteroatoms. The van der Waals surface area contributed by atoms with E-state index in [1.54, 1.807) is 31.3 Å². The molecular weight excluding hydrogens is 358 g/mol. The van der Waals surface area contributed by atoms with E-state index in [1.165, 1.54) is 10.6 Å². The van der Waals surface area contributed by atoms with Gasteiger partial charge in [0, 0.05) is 23.5 Å². The number of aryl methyl sites for hydroxylation is 1. The number of sulfonamides is 1. The van der Waals surface area contributed by atoms with E-state index in [2.05, 4.69) is 9.71 Å². The van der Waals surface area contributed by atoms with Crippen LogP contribution >= 0.6 is 0 Å². The van der Waals surface area contributed by atoms with Gasteiger partial charge in [-0.25, -0.2) is 18.2 Å². The van der Waals surface area contributed by atoms with Crippen molar-refractivity contribution < 1.29 is 17.9 Å². The van der Waals surface area contributed by atoms with Crippen molar-refractivity contribution in [2.45, 2.75) is 13.8 Å². The number of anilines is 1. The minimum atomic E-state index is -3.44. The summed E-state index contributed by atoms with van der Waals surface area (Å²) in [6, 6.07) is 5.00. The van der Waals surface area contributed by atoms with E-state index < -0.39 is 21.6 Å². The van der Waals surface area contributed by atoms with E-state index in [0.29, 0.717) is 16.7 Å². The molecule has 136 valence electrons. The number of ether oxygens (including phenoxy) is 1. The zero-order valence-electron chi connectivity index (χ0n) is 14.4. The smallest absolute Gasteiger partial charge is 0.345 e. The molecule has 3 rings (SSSR count). The lowest BCUT2D eigenvalue weighted by Gasteiger charge is -2.11. The quantitative estimate of drug-likeness (QED) is 0.549. The topological polar surface area (TPSA) is 107 Å². The second-order valence-corrected chi connectivity index (χ2v) is 7.59. The number of rotatable bonds is 4. The number of esters is 1. The van der Waals surface area contributed by atoms with Crippen LogP contribution in [0, 0.1) is 6.92 Å². The highest BCUT2D eigenvalue weighted by Gasteiger charge is 2.16. The van der Waals surface area contributed by atoms with Gasteiger partial charge in [-0.2, -0.15) is 0 Å². The summed E-state index contributed by atoms with van der Waals surface area (Å²) in [5.41, 5.74) is 0.758. The molecule has 1 aromatic carbocycles. The zero-order chi connectivity index (χ0) is 19.1. The first kappa shape index (κ1) is 17.9. The highest BCUT2D eigenvalue weighted by molar-refractivity contribution is 7.92. The second kappa shape index (κ2) is 6.41. The first-order valence-electron chi connectivity index (χ1n) is 7.81. The predicted molar refractivity (Wildman–Crippen MR) is 98.1 cm³/mol.